The zero-order valence-corrected chi connectivity index (χ0v) is 16.0. The van der Waals surface area contributed by atoms with Crippen molar-refractivity contribution in [2.75, 3.05) is 21.3 Å². The third kappa shape index (κ3) is 3.37. The van der Waals surface area contributed by atoms with E-state index in [2.05, 4.69) is 32.0 Å². The Morgan fingerprint density at radius 3 is 2.62 bits per heavy atom. The topological polar surface area (TPSA) is 80.2 Å². The number of hydrogen-bond acceptors (Lipinski definition) is 5. The Labute approximate surface area is 159 Å². The number of rotatable bonds is 5. The SMILES string of the molecule is COc1ccc2nc(C(C#N)=Cc3cc(Br)cc(OC)c3OC)[nH]c2c1. The number of benzene rings is 2. The number of aromatic amines is 1. The molecule has 132 valence electrons. The number of ether oxygens (including phenoxy) is 3. The van der Waals surface area contributed by atoms with Gasteiger partial charge < -0.3 is 19.2 Å². The molecule has 0 aliphatic carbocycles. The Kier molecular flexibility index (Phi) is 5.14. The largest absolute Gasteiger partial charge is 0.497 e. The Morgan fingerprint density at radius 1 is 1.15 bits per heavy atom. The number of H-pyrrole nitrogens is 1. The van der Waals surface area contributed by atoms with Crippen LogP contribution in [0.2, 0.25) is 0 Å². The second-order valence-corrected chi connectivity index (χ2v) is 6.28. The lowest BCUT2D eigenvalue weighted by Crippen LogP contribution is -1.94. The monoisotopic (exact) mass is 413 g/mol. The van der Waals surface area contributed by atoms with Gasteiger partial charge in [-0.1, -0.05) is 15.9 Å². The number of nitriles is 1. The van der Waals surface area contributed by atoms with Gasteiger partial charge in [0.05, 0.1) is 37.9 Å². The molecule has 2 aromatic carbocycles. The fourth-order valence-corrected chi connectivity index (χ4v) is 3.07. The Balaban J connectivity index is 2.12. The molecule has 7 heteroatoms. The van der Waals surface area contributed by atoms with E-state index in [0.717, 1.165) is 15.5 Å². The van der Waals surface area contributed by atoms with E-state index in [4.69, 9.17) is 14.2 Å². The summed E-state index contributed by atoms with van der Waals surface area (Å²) < 4.78 is 16.8. The fourth-order valence-electron chi connectivity index (χ4n) is 2.62. The lowest BCUT2D eigenvalue weighted by molar-refractivity contribution is 0.354. The van der Waals surface area contributed by atoms with Crippen LogP contribution in [0.15, 0.2) is 34.8 Å². The lowest BCUT2D eigenvalue weighted by Gasteiger charge is -2.11. The van der Waals surface area contributed by atoms with Crippen LogP contribution in [0.5, 0.6) is 17.2 Å². The molecule has 0 aliphatic rings. The second kappa shape index (κ2) is 7.50. The summed E-state index contributed by atoms with van der Waals surface area (Å²) in [7, 11) is 4.73. The number of allylic oxidation sites excluding steroid dienone is 1. The summed E-state index contributed by atoms with van der Waals surface area (Å²) in [5, 5.41) is 9.64. The van der Waals surface area contributed by atoms with E-state index in [1.165, 1.54) is 0 Å². The lowest BCUT2D eigenvalue weighted by atomic mass is 10.1. The first-order chi connectivity index (χ1) is 12.6. The summed E-state index contributed by atoms with van der Waals surface area (Å²) in [5.74, 6) is 2.30. The van der Waals surface area contributed by atoms with Gasteiger partial charge in [0.15, 0.2) is 11.5 Å². The molecule has 1 aromatic heterocycles. The molecule has 26 heavy (non-hydrogen) atoms. The molecular formula is C19H16BrN3O3. The van der Waals surface area contributed by atoms with Crippen molar-refractivity contribution in [3.8, 4) is 23.3 Å². The quantitative estimate of drug-likeness (QED) is 0.626. The molecule has 0 fully saturated rings. The Hall–Kier alpha value is -2.98. The summed E-state index contributed by atoms with van der Waals surface area (Å²) in [6.07, 6.45) is 1.71. The molecule has 0 saturated carbocycles. The van der Waals surface area contributed by atoms with Crippen LogP contribution >= 0.6 is 15.9 Å². The van der Waals surface area contributed by atoms with Gasteiger partial charge in [0.2, 0.25) is 0 Å². The number of hydrogen-bond donors (Lipinski definition) is 1. The Morgan fingerprint density at radius 2 is 1.96 bits per heavy atom. The second-order valence-electron chi connectivity index (χ2n) is 5.37. The van der Waals surface area contributed by atoms with Crippen molar-refractivity contribution in [1.82, 2.24) is 9.97 Å². The van der Waals surface area contributed by atoms with E-state index in [0.29, 0.717) is 34.2 Å². The molecular weight excluding hydrogens is 398 g/mol. The average molecular weight is 414 g/mol. The highest BCUT2D eigenvalue weighted by atomic mass is 79.9. The molecule has 0 bridgehead atoms. The predicted molar refractivity (Wildman–Crippen MR) is 103 cm³/mol. The van der Waals surface area contributed by atoms with Gasteiger partial charge in [-0.2, -0.15) is 5.26 Å². The first-order valence-corrected chi connectivity index (χ1v) is 8.46. The van der Waals surface area contributed by atoms with Crippen molar-refractivity contribution in [3.63, 3.8) is 0 Å². The number of methoxy groups -OCH3 is 3. The molecule has 1 heterocycles. The van der Waals surface area contributed by atoms with Gasteiger partial charge in [0, 0.05) is 16.1 Å². The van der Waals surface area contributed by atoms with Crippen molar-refractivity contribution >= 4 is 38.6 Å². The normalized spacial score (nSPS) is 11.3. The van der Waals surface area contributed by atoms with Gasteiger partial charge in [-0.05, 0) is 30.3 Å². The smallest absolute Gasteiger partial charge is 0.168 e. The zero-order chi connectivity index (χ0) is 18.7. The van der Waals surface area contributed by atoms with Gasteiger partial charge in [-0.15, -0.1) is 0 Å². The highest BCUT2D eigenvalue weighted by Crippen LogP contribution is 2.36. The summed E-state index contributed by atoms with van der Waals surface area (Å²) in [5.41, 5.74) is 2.62. The molecule has 0 unspecified atom stereocenters. The van der Waals surface area contributed by atoms with Gasteiger partial charge in [0.1, 0.15) is 17.6 Å². The number of aromatic nitrogens is 2. The van der Waals surface area contributed by atoms with Crippen molar-refractivity contribution in [3.05, 3.63) is 46.2 Å². The van der Waals surface area contributed by atoms with Crippen molar-refractivity contribution in [2.24, 2.45) is 0 Å². The average Bonchev–Trinajstić information content (AvgIpc) is 3.08. The number of halogens is 1. The first kappa shape index (κ1) is 17.8. The van der Waals surface area contributed by atoms with Crippen LogP contribution in [0.4, 0.5) is 0 Å². The van der Waals surface area contributed by atoms with Crippen LogP contribution < -0.4 is 14.2 Å². The minimum absolute atomic E-state index is 0.374. The van der Waals surface area contributed by atoms with Gasteiger partial charge in [-0.3, -0.25) is 0 Å². The van der Waals surface area contributed by atoms with Crippen LogP contribution in [-0.2, 0) is 0 Å². The summed E-state index contributed by atoms with van der Waals surface area (Å²) in [6.45, 7) is 0. The van der Waals surface area contributed by atoms with Gasteiger partial charge in [-0.25, -0.2) is 4.98 Å². The Bertz CT molecular complexity index is 1030. The van der Waals surface area contributed by atoms with Crippen LogP contribution in [0.25, 0.3) is 22.7 Å². The van der Waals surface area contributed by atoms with E-state index in [1.807, 2.05) is 24.3 Å². The van der Waals surface area contributed by atoms with E-state index in [-0.39, 0.29) is 0 Å². The number of nitrogens with one attached hydrogen (secondary N) is 1. The summed E-state index contributed by atoms with van der Waals surface area (Å²) >= 11 is 3.44. The molecule has 0 aliphatic heterocycles. The molecule has 3 aromatic rings. The van der Waals surface area contributed by atoms with E-state index in [9.17, 15) is 5.26 Å². The van der Waals surface area contributed by atoms with Crippen LogP contribution in [0.1, 0.15) is 11.4 Å². The van der Waals surface area contributed by atoms with Crippen molar-refractivity contribution < 1.29 is 14.2 Å². The van der Waals surface area contributed by atoms with E-state index < -0.39 is 0 Å². The van der Waals surface area contributed by atoms with Crippen LogP contribution in [0, 0.1) is 11.3 Å². The third-order valence-electron chi connectivity index (χ3n) is 3.84. The van der Waals surface area contributed by atoms with Crippen LogP contribution in [0.3, 0.4) is 0 Å². The number of nitrogens with zero attached hydrogens (tertiary/aromatic N) is 2. The maximum Gasteiger partial charge on any atom is 0.168 e. The third-order valence-corrected chi connectivity index (χ3v) is 4.29. The maximum atomic E-state index is 9.64. The molecule has 3 rings (SSSR count). The van der Waals surface area contributed by atoms with E-state index >= 15 is 0 Å². The molecule has 0 radical (unpaired) electrons. The van der Waals surface area contributed by atoms with E-state index in [1.54, 1.807) is 33.5 Å². The number of fused-ring (bicyclic) bond motifs is 1. The molecule has 0 spiro atoms. The highest BCUT2D eigenvalue weighted by Gasteiger charge is 2.14. The highest BCUT2D eigenvalue weighted by molar-refractivity contribution is 9.10. The van der Waals surface area contributed by atoms with Gasteiger partial charge in [0.25, 0.3) is 0 Å². The fraction of sp³-hybridized carbons (Fsp3) is 0.158. The molecule has 6 nitrogen and oxygen atoms in total. The van der Waals surface area contributed by atoms with Crippen molar-refractivity contribution in [2.45, 2.75) is 0 Å². The van der Waals surface area contributed by atoms with Crippen LogP contribution in [-0.4, -0.2) is 31.3 Å². The molecule has 0 saturated heterocycles. The molecule has 0 amide bonds. The zero-order valence-electron chi connectivity index (χ0n) is 14.5. The standard InChI is InChI=1S/C19H16BrN3O3/c1-24-14-4-5-15-16(9-14)23-19(22-15)12(10-21)6-11-7-13(20)8-17(25-2)18(11)26-3/h4-9H,1-3H3,(H,22,23). The summed E-state index contributed by atoms with van der Waals surface area (Å²) in [4.78, 5) is 7.65. The molecule has 1 N–H and O–H groups in total. The first-order valence-electron chi connectivity index (χ1n) is 7.67. The van der Waals surface area contributed by atoms with Gasteiger partial charge >= 0.3 is 0 Å². The minimum Gasteiger partial charge on any atom is -0.497 e. The predicted octanol–water partition coefficient (Wildman–Crippen LogP) is 4.42. The summed E-state index contributed by atoms with van der Waals surface area (Å²) in [6, 6.07) is 11.3. The number of imidazole rings is 1. The minimum atomic E-state index is 0.374. The molecule has 0 atom stereocenters. The van der Waals surface area contributed by atoms with Crippen molar-refractivity contribution in [1.29, 1.82) is 5.26 Å². The maximum absolute atomic E-state index is 9.64.